The van der Waals surface area contributed by atoms with Crippen LogP contribution in [-0.2, 0) is 16.2 Å². The van der Waals surface area contributed by atoms with Crippen molar-refractivity contribution in [3.8, 4) is 22.6 Å². The normalized spacial score (nSPS) is 11.7. The van der Waals surface area contributed by atoms with Crippen LogP contribution >= 0.6 is 11.6 Å². The van der Waals surface area contributed by atoms with Gasteiger partial charge in [0.2, 0.25) is 0 Å². The van der Waals surface area contributed by atoms with Crippen molar-refractivity contribution in [3.63, 3.8) is 0 Å². The zero-order chi connectivity index (χ0) is 26.7. The lowest BCUT2D eigenvalue weighted by Gasteiger charge is -2.19. The van der Waals surface area contributed by atoms with Crippen molar-refractivity contribution in [2.75, 3.05) is 25.0 Å². The summed E-state index contributed by atoms with van der Waals surface area (Å²) in [5, 5.41) is 17.9. The van der Waals surface area contributed by atoms with Gasteiger partial charge in [0.25, 0.3) is 10.0 Å². The number of aliphatic hydroxyl groups excluding tert-OH is 1. The first kappa shape index (κ1) is 27.1. The monoisotopic (exact) mass is 545 g/mol. The lowest BCUT2D eigenvalue weighted by Crippen LogP contribution is -2.18. The highest BCUT2D eigenvalue weighted by Crippen LogP contribution is 2.41. The number of ether oxygens (including phenoxy) is 2. The number of carboxylic acid groups (broad SMARTS) is 1. The molecule has 0 heterocycles. The first-order valence-electron chi connectivity index (χ1n) is 10.1. The van der Waals surface area contributed by atoms with Crippen LogP contribution in [0.4, 0.5) is 18.9 Å². The van der Waals surface area contributed by atoms with Gasteiger partial charge in [0, 0.05) is 5.56 Å². The summed E-state index contributed by atoms with van der Waals surface area (Å²) in [5.74, 6) is -1.70. The Kier molecular flexibility index (Phi) is 8.02. The summed E-state index contributed by atoms with van der Waals surface area (Å²) < 4.78 is 80.0. The third-order valence-corrected chi connectivity index (χ3v) is 6.52. The van der Waals surface area contributed by atoms with Gasteiger partial charge >= 0.3 is 12.1 Å². The zero-order valence-corrected chi connectivity index (χ0v) is 20.0. The number of aromatic carboxylic acids is 1. The summed E-state index contributed by atoms with van der Waals surface area (Å²) in [6.45, 7) is -0.371. The second kappa shape index (κ2) is 10.6. The van der Waals surface area contributed by atoms with Gasteiger partial charge in [0.15, 0.2) is 5.75 Å². The molecule has 3 aromatic carbocycles. The number of aliphatic hydroxyl groups is 1. The van der Waals surface area contributed by atoms with Gasteiger partial charge in [-0.1, -0.05) is 35.9 Å². The van der Waals surface area contributed by atoms with Gasteiger partial charge in [-0.2, -0.15) is 13.2 Å². The summed E-state index contributed by atoms with van der Waals surface area (Å²) in [6, 6.07) is 10.8. The molecule has 0 amide bonds. The minimum Gasteiger partial charge on any atom is -0.494 e. The fourth-order valence-corrected chi connectivity index (χ4v) is 4.96. The maximum absolute atomic E-state index is 13.8. The van der Waals surface area contributed by atoms with Crippen LogP contribution in [0.1, 0.15) is 15.9 Å². The molecular weight excluding hydrogens is 527 g/mol. The molecule has 0 unspecified atom stereocenters. The first-order chi connectivity index (χ1) is 16.9. The predicted octanol–water partition coefficient (Wildman–Crippen LogP) is 4.90. The first-order valence-corrected chi connectivity index (χ1v) is 11.9. The Hall–Kier alpha value is -3.48. The van der Waals surface area contributed by atoms with Crippen LogP contribution in [-0.4, -0.2) is 44.9 Å². The minimum atomic E-state index is -4.94. The molecule has 0 aromatic heterocycles. The molecule has 3 rings (SSSR count). The largest absolute Gasteiger partial charge is 0.494 e. The summed E-state index contributed by atoms with van der Waals surface area (Å²) in [7, 11) is -3.75. The fourth-order valence-electron chi connectivity index (χ4n) is 3.32. The number of carboxylic acids is 1. The summed E-state index contributed by atoms with van der Waals surface area (Å²) in [5.41, 5.74) is -2.10. The van der Waals surface area contributed by atoms with E-state index < -0.39 is 49.6 Å². The number of rotatable bonds is 9. The quantitative estimate of drug-likeness (QED) is 0.349. The van der Waals surface area contributed by atoms with Gasteiger partial charge in [0.1, 0.15) is 17.3 Å². The topological polar surface area (TPSA) is 122 Å². The van der Waals surface area contributed by atoms with Crippen LogP contribution in [0.3, 0.4) is 0 Å². The molecule has 8 nitrogen and oxygen atoms in total. The summed E-state index contributed by atoms with van der Waals surface area (Å²) in [4.78, 5) is 10.6. The van der Waals surface area contributed by atoms with Crippen LogP contribution in [0.15, 0.2) is 59.5 Å². The van der Waals surface area contributed by atoms with Crippen molar-refractivity contribution in [1.29, 1.82) is 0 Å². The van der Waals surface area contributed by atoms with Crippen molar-refractivity contribution < 1.29 is 46.1 Å². The third kappa shape index (κ3) is 5.83. The van der Waals surface area contributed by atoms with Crippen LogP contribution in [0.25, 0.3) is 11.1 Å². The lowest BCUT2D eigenvalue weighted by molar-refractivity contribution is -0.136. The molecule has 3 aromatic rings. The predicted molar refractivity (Wildman–Crippen MR) is 125 cm³/mol. The number of methoxy groups -OCH3 is 1. The Balaban J connectivity index is 2.18. The molecule has 13 heteroatoms. The Morgan fingerprint density at radius 1 is 1.11 bits per heavy atom. The second-order valence-electron chi connectivity index (χ2n) is 7.23. The van der Waals surface area contributed by atoms with Crippen molar-refractivity contribution in [3.05, 3.63) is 70.7 Å². The molecule has 0 bridgehead atoms. The highest BCUT2D eigenvalue weighted by atomic mass is 35.5. The molecule has 0 saturated carbocycles. The van der Waals surface area contributed by atoms with Crippen LogP contribution < -0.4 is 14.2 Å². The van der Waals surface area contributed by atoms with E-state index in [0.717, 1.165) is 31.4 Å². The average Bonchev–Trinajstić information content (AvgIpc) is 2.81. The number of nitrogens with one attached hydrogen (secondary N) is 1. The molecule has 0 saturated heterocycles. The highest BCUT2D eigenvalue weighted by Gasteiger charge is 2.36. The number of hydrogen-bond donors (Lipinski definition) is 3. The SMILES string of the molecule is COc1c(Cl)cc(C(=O)O)cc1S(=O)(=O)Nc1cc(-c2ccccc2OCCO)ccc1C(F)(F)F. The number of benzene rings is 3. The number of hydrogen-bond acceptors (Lipinski definition) is 6. The molecule has 36 heavy (non-hydrogen) atoms. The minimum absolute atomic E-state index is 0.0718. The second-order valence-corrected chi connectivity index (χ2v) is 9.28. The molecule has 0 spiro atoms. The smallest absolute Gasteiger partial charge is 0.418 e. The zero-order valence-electron chi connectivity index (χ0n) is 18.5. The molecule has 192 valence electrons. The van der Waals surface area contributed by atoms with Crippen molar-refractivity contribution in [2.45, 2.75) is 11.1 Å². The molecule has 0 radical (unpaired) electrons. The Morgan fingerprint density at radius 2 is 1.81 bits per heavy atom. The number of anilines is 1. The fraction of sp³-hybridized carbons (Fsp3) is 0.174. The Morgan fingerprint density at radius 3 is 2.42 bits per heavy atom. The Labute approximate surface area is 208 Å². The number of carbonyl (C=O) groups is 1. The van der Waals surface area contributed by atoms with Gasteiger partial charge in [-0.15, -0.1) is 0 Å². The number of sulfonamides is 1. The molecule has 3 N–H and O–H groups in total. The number of alkyl halides is 3. The van der Waals surface area contributed by atoms with Crippen molar-refractivity contribution in [2.24, 2.45) is 0 Å². The molecule has 0 aliphatic carbocycles. The maximum Gasteiger partial charge on any atom is 0.418 e. The Bertz CT molecular complexity index is 1390. The van der Waals surface area contributed by atoms with Crippen LogP contribution in [0.5, 0.6) is 11.5 Å². The van der Waals surface area contributed by atoms with E-state index in [1.165, 1.54) is 6.07 Å². The third-order valence-electron chi connectivity index (χ3n) is 4.87. The van der Waals surface area contributed by atoms with Gasteiger partial charge in [-0.25, -0.2) is 13.2 Å². The average molecular weight is 546 g/mol. The van der Waals surface area contributed by atoms with E-state index in [-0.39, 0.29) is 29.5 Å². The number of para-hydroxylation sites is 1. The number of halogens is 4. The van der Waals surface area contributed by atoms with Crippen LogP contribution in [0.2, 0.25) is 5.02 Å². The van der Waals surface area contributed by atoms with Crippen molar-refractivity contribution >= 4 is 33.3 Å². The van der Waals surface area contributed by atoms with E-state index in [2.05, 4.69) is 0 Å². The van der Waals surface area contributed by atoms with Gasteiger partial charge in [-0.05, 0) is 35.9 Å². The van der Waals surface area contributed by atoms with Crippen LogP contribution in [0, 0.1) is 0 Å². The van der Waals surface area contributed by atoms with E-state index in [1.807, 2.05) is 4.72 Å². The van der Waals surface area contributed by atoms with E-state index in [1.54, 1.807) is 18.2 Å². The van der Waals surface area contributed by atoms with E-state index in [4.69, 9.17) is 26.2 Å². The standard InChI is InChI=1S/C23H19ClF3NO7S/c1-34-21-17(24)10-14(22(30)31)12-20(21)36(32,33)28-18-11-13(6-7-16(18)23(25,26)27)15-4-2-3-5-19(15)35-9-8-29/h2-7,10-12,28-29H,8-9H2,1H3,(H,30,31). The molecule has 0 aliphatic heterocycles. The van der Waals surface area contributed by atoms with E-state index >= 15 is 0 Å². The molecular formula is C23H19ClF3NO7S. The van der Waals surface area contributed by atoms with E-state index in [9.17, 15) is 31.5 Å². The maximum atomic E-state index is 13.8. The van der Waals surface area contributed by atoms with Crippen molar-refractivity contribution in [1.82, 2.24) is 0 Å². The highest BCUT2D eigenvalue weighted by molar-refractivity contribution is 7.92. The molecule has 0 aliphatic rings. The van der Waals surface area contributed by atoms with Gasteiger partial charge < -0.3 is 19.7 Å². The van der Waals surface area contributed by atoms with E-state index in [0.29, 0.717) is 11.6 Å². The summed E-state index contributed by atoms with van der Waals surface area (Å²) in [6.07, 6.45) is -4.94. The lowest BCUT2D eigenvalue weighted by atomic mass is 10.0. The molecule has 0 fully saturated rings. The molecule has 0 atom stereocenters. The summed E-state index contributed by atoms with van der Waals surface area (Å²) >= 11 is 5.96. The van der Waals surface area contributed by atoms with Gasteiger partial charge in [-0.3, -0.25) is 4.72 Å². The van der Waals surface area contributed by atoms with Gasteiger partial charge in [0.05, 0.1) is 35.6 Å².